The number of esters is 1. The third-order valence-corrected chi connectivity index (χ3v) is 5.79. The molecule has 7 nitrogen and oxygen atoms in total. The van der Waals surface area contributed by atoms with Crippen molar-refractivity contribution >= 4 is 21.8 Å². The topological polar surface area (TPSA) is 90.0 Å². The molecule has 0 saturated heterocycles. The number of Topliss-reactive ketones (excluding diaryl/α,β-unsaturated/α-hetero) is 1. The maximum absolute atomic E-state index is 12.3. The number of hydroxylamine groups is 1. The predicted octanol–water partition coefficient (Wildman–Crippen LogP) is 2.86. The Morgan fingerprint density at radius 3 is 2.32 bits per heavy atom. The summed E-state index contributed by atoms with van der Waals surface area (Å²) < 4.78 is 30.2. The van der Waals surface area contributed by atoms with Crippen molar-refractivity contribution < 1.29 is 27.6 Å². The molecule has 0 radical (unpaired) electrons. The maximum Gasteiger partial charge on any atom is 0.338 e. The van der Waals surface area contributed by atoms with Gasteiger partial charge in [0, 0.05) is 12.6 Å². The van der Waals surface area contributed by atoms with Crippen LogP contribution < -0.4 is 0 Å². The zero-order chi connectivity index (χ0) is 20.7. The lowest BCUT2D eigenvalue weighted by atomic mass is 10.1. The molecule has 0 aliphatic carbocycles. The van der Waals surface area contributed by atoms with E-state index in [0.717, 1.165) is 18.4 Å². The first-order chi connectivity index (χ1) is 13.3. The van der Waals surface area contributed by atoms with Crippen LogP contribution in [-0.4, -0.2) is 45.4 Å². The zero-order valence-electron chi connectivity index (χ0n) is 16.0. The third kappa shape index (κ3) is 5.25. The van der Waals surface area contributed by atoms with Crippen molar-refractivity contribution in [2.45, 2.75) is 24.7 Å². The molecule has 0 saturated carbocycles. The van der Waals surface area contributed by atoms with Crippen LogP contribution in [0.1, 0.15) is 39.6 Å². The highest BCUT2D eigenvalue weighted by atomic mass is 32.2. The molecular formula is C20H23NO6S. The van der Waals surface area contributed by atoms with E-state index in [9.17, 15) is 18.0 Å². The minimum absolute atomic E-state index is 0.0247. The number of ether oxygens (including phenoxy) is 1. The van der Waals surface area contributed by atoms with Crippen LogP contribution in [0, 0.1) is 0 Å². The molecule has 0 heterocycles. The summed E-state index contributed by atoms with van der Waals surface area (Å²) >= 11 is 0. The SMILES string of the molecule is CCCc1ccc(C(=O)COC(=O)c2cccc(S(=O)(=O)N(C)OC)c2)cc1. The lowest BCUT2D eigenvalue weighted by molar-refractivity contribution is -0.0258. The van der Waals surface area contributed by atoms with E-state index < -0.39 is 22.6 Å². The second kappa shape index (κ2) is 9.59. The minimum atomic E-state index is -3.89. The molecule has 0 spiro atoms. The molecule has 0 atom stereocenters. The lowest BCUT2D eigenvalue weighted by Gasteiger charge is -2.14. The van der Waals surface area contributed by atoms with E-state index in [-0.39, 0.29) is 16.2 Å². The molecule has 0 aromatic heterocycles. The first kappa shape index (κ1) is 21.7. The van der Waals surface area contributed by atoms with E-state index in [4.69, 9.17) is 9.57 Å². The summed E-state index contributed by atoms with van der Waals surface area (Å²) in [5.41, 5.74) is 1.61. The van der Waals surface area contributed by atoms with Gasteiger partial charge in [0.25, 0.3) is 10.0 Å². The van der Waals surface area contributed by atoms with Crippen molar-refractivity contribution in [1.29, 1.82) is 0 Å². The van der Waals surface area contributed by atoms with Crippen molar-refractivity contribution in [3.63, 3.8) is 0 Å². The highest BCUT2D eigenvalue weighted by Crippen LogP contribution is 2.17. The van der Waals surface area contributed by atoms with Gasteiger partial charge in [0.2, 0.25) is 0 Å². The quantitative estimate of drug-likeness (QED) is 0.362. The summed E-state index contributed by atoms with van der Waals surface area (Å²) in [7, 11) is -1.43. The molecule has 0 unspecified atom stereocenters. The fraction of sp³-hybridized carbons (Fsp3) is 0.300. The Labute approximate surface area is 164 Å². The van der Waals surface area contributed by atoms with Crippen LogP contribution in [0.25, 0.3) is 0 Å². The van der Waals surface area contributed by atoms with Crippen LogP contribution in [0.3, 0.4) is 0 Å². The van der Waals surface area contributed by atoms with Gasteiger partial charge < -0.3 is 4.74 Å². The molecule has 0 aliphatic heterocycles. The summed E-state index contributed by atoms with van der Waals surface area (Å²) in [5.74, 6) is -1.12. The Morgan fingerprint density at radius 2 is 1.71 bits per heavy atom. The highest BCUT2D eigenvalue weighted by Gasteiger charge is 2.22. The van der Waals surface area contributed by atoms with Crippen molar-refractivity contribution in [3.05, 3.63) is 65.2 Å². The summed E-state index contributed by atoms with van der Waals surface area (Å²) in [4.78, 5) is 29.0. The summed E-state index contributed by atoms with van der Waals surface area (Å²) in [6, 6.07) is 12.5. The monoisotopic (exact) mass is 405 g/mol. The van der Waals surface area contributed by atoms with E-state index in [1.165, 1.54) is 38.4 Å². The van der Waals surface area contributed by atoms with Gasteiger partial charge in [0.05, 0.1) is 17.6 Å². The van der Waals surface area contributed by atoms with Crippen molar-refractivity contribution in [1.82, 2.24) is 4.47 Å². The molecule has 2 aromatic carbocycles. The smallest absolute Gasteiger partial charge is 0.338 e. The van der Waals surface area contributed by atoms with Crippen LogP contribution in [0.2, 0.25) is 0 Å². The van der Waals surface area contributed by atoms with Crippen molar-refractivity contribution in [2.75, 3.05) is 20.8 Å². The number of benzene rings is 2. The summed E-state index contributed by atoms with van der Waals surface area (Å²) in [6.07, 6.45) is 1.95. The maximum atomic E-state index is 12.3. The molecule has 28 heavy (non-hydrogen) atoms. The first-order valence-corrected chi connectivity index (χ1v) is 10.2. The summed E-state index contributed by atoms with van der Waals surface area (Å²) in [6.45, 7) is 1.65. The van der Waals surface area contributed by atoms with Gasteiger partial charge in [-0.15, -0.1) is 0 Å². The van der Waals surface area contributed by atoms with E-state index in [1.807, 2.05) is 12.1 Å². The average Bonchev–Trinajstić information content (AvgIpc) is 2.71. The Kier molecular flexibility index (Phi) is 7.45. The van der Waals surface area contributed by atoms with E-state index in [1.54, 1.807) is 12.1 Å². The molecule has 8 heteroatoms. The van der Waals surface area contributed by atoms with Crippen molar-refractivity contribution in [2.24, 2.45) is 0 Å². The minimum Gasteiger partial charge on any atom is -0.454 e. The van der Waals surface area contributed by atoms with Gasteiger partial charge in [-0.3, -0.25) is 9.63 Å². The molecule has 0 aliphatic rings. The number of sulfonamides is 1. The second-order valence-electron chi connectivity index (χ2n) is 6.07. The number of rotatable bonds is 9. The fourth-order valence-electron chi connectivity index (χ4n) is 2.47. The number of carbonyl (C=O) groups is 2. The highest BCUT2D eigenvalue weighted by molar-refractivity contribution is 7.89. The number of hydrogen-bond donors (Lipinski definition) is 0. The number of ketones is 1. The first-order valence-electron chi connectivity index (χ1n) is 8.72. The molecule has 0 fully saturated rings. The molecule has 2 rings (SSSR count). The van der Waals surface area contributed by atoms with Gasteiger partial charge in [-0.2, -0.15) is 0 Å². The van der Waals surface area contributed by atoms with Gasteiger partial charge >= 0.3 is 5.97 Å². The third-order valence-electron chi connectivity index (χ3n) is 4.11. The van der Waals surface area contributed by atoms with E-state index >= 15 is 0 Å². The zero-order valence-corrected chi connectivity index (χ0v) is 16.9. The van der Waals surface area contributed by atoms with E-state index in [0.29, 0.717) is 10.0 Å². The number of nitrogens with zero attached hydrogens (tertiary/aromatic N) is 1. The second-order valence-corrected chi connectivity index (χ2v) is 8.01. The normalized spacial score (nSPS) is 11.4. The van der Waals surface area contributed by atoms with Crippen molar-refractivity contribution in [3.8, 4) is 0 Å². The van der Waals surface area contributed by atoms with Crippen LogP contribution in [0.15, 0.2) is 53.4 Å². The molecule has 2 aromatic rings. The Morgan fingerprint density at radius 1 is 1.04 bits per heavy atom. The Bertz CT molecular complexity index is 937. The molecule has 0 amide bonds. The molecule has 0 N–H and O–H groups in total. The van der Waals surface area contributed by atoms with Crippen LogP contribution >= 0.6 is 0 Å². The average molecular weight is 405 g/mol. The van der Waals surface area contributed by atoms with Crippen LogP contribution in [-0.2, 0) is 26.0 Å². The van der Waals surface area contributed by atoms with Crippen LogP contribution in [0.5, 0.6) is 0 Å². The Hall–Kier alpha value is -2.55. The summed E-state index contributed by atoms with van der Waals surface area (Å²) in [5, 5.41) is 0. The standard InChI is InChI=1S/C20H23NO6S/c1-4-6-15-9-11-16(12-10-15)19(22)14-27-20(23)17-7-5-8-18(13-17)28(24,25)21(2)26-3/h5,7-13H,4,6,14H2,1-3H3. The van der Waals surface area contributed by atoms with E-state index in [2.05, 4.69) is 6.92 Å². The van der Waals surface area contributed by atoms with Gasteiger partial charge in [0.15, 0.2) is 12.4 Å². The molecule has 0 bridgehead atoms. The molecule has 150 valence electrons. The van der Waals surface area contributed by atoms with Crippen LogP contribution in [0.4, 0.5) is 0 Å². The van der Waals surface area contributed by atoms with Gasteiger partial charge in [-0.25, -0.2) is 13.2 Å². The molecular weight excluding hydrogens is 382 g/mol. The Balaban J connectivity index is 2.05. The number of aryl methyl sites for hydroxylation is 1. The van der Waals surface area contributed by atoms with Gasteiger partial charge in [-0.1, -0.05) is 48.1 Å². The number of carbonyl (C=O) groups excluding carboxylic acids is 2. The fourth-order valence-corrected chi connectivity index (χ4v) is 3.49. The number of hydrogen-bond acceptors (Lipinski definition) is 6. The van der Waals surface area contributed by atoms with Gasteiger partial charge in [0.1, 0.15) is 0 Å². The van der Waals surface area contributed by atoms with Gasteiger partial charge in [-0.05, 0) is 30.2 Å². The lowest BCUT2D eigenvalue weighted by Crippen LogP contribution is -2.26. The predicted molar refractivity (Wildman–Crippen MR) is 103 cm³/mol. The largest absolute Gasteiger partial charge is 0.454 e.